The summed E-state index contributed by atoms with van der Waals surface area (Å²) in [5, 5.41) is 23.2. The highest BCUT2D eigenvalue weighted by Crippen LogP contribution is 2.27. The minimum Gasteiger partial charge on any atom is -0.506 e. The molecule has 110 valence electrons. The Morgan fingerprint density at radius 2 is 1.77 bits per heavy atom. The van der Waals surface area contributed by atoms with E-state index in [1.54, 1.807) is 37.3 Å². The molecule has 2 aromatic carbocycles. The number of azo groups is 1. The largest absolute Gasteiger partial charge is 0.506 e. The van der Waals surface area contributed by atoms with E-state index >= 15 is 0 Å². The number of carbonyl (C=O) groups excluding carboxylic acids is 1. The Morgan fingerprint density at radius 1 is 1.09 bits per heavy atom. The second-order valence-electron chi connectivity index (χ2n) is 4.83. The Balaban J connectivity index is 1.83. The number of carbonyl (C=O) groups is 1. The number of benzene rings is 2. The van der Waals surface area contributed by atoms with Gasteiger partial charge in [-0.2, -0.15) is 20.3 Å². The van der Waals surface area contributed by atoms with Crippen LogP contribution in [0.1, 0.15) is 6.92 Å². The van der Waals surface area contributed by atoms with Gasteiger partial charge in [0.05, 0.1) is 11.4 Å². The van der Waals surface area contributed by atoms with E-state index < -0.39 is 6.04 Å². The van der Waals surface area contributed by atoms with Crippen LogP contribution in [0.25, 0.3) is 0 Å². The predicted octanol–water partition coefficient (Wildman–Crippen LogP) is 3.27. The molecule has 0 radical (unpaired) electrons. The Kier molecular flexibility index (Phi) is 3.65. The molecule has 0 spiro atoms. The van der Waals surface area contributed by atoms with Gasteiger partial charge in [0, 0.05) is 0 Å². The summed E-state index contributed by atoms with van der Waals surface area (Å²) in [6.45, 7) is 1.73. The second kappa shape index (κ2) is 5.77. The maximum absolute atomic E-state index is 12.4. The van der Waals surface area contributed by atoms with E-state index in [4.69, 9.17) is 0 Å². The molecule has 0 aliphatic carbocycles. The topological polar surface area (TPSA) is 77.6 Å². The zero-order valence-corrected chi connectivity index (χ0v) is 11.9. The minimum atomic E-state index is -0.764. The Bertz CT molecular complexity index is 756. The van der Waals surface area contributed by atoms with Crippen LogP contribution < -0.4 is 5.01 Å². The Labute approximate surface area is 127 Å². The number of rotatable bonds is 3. The van der Waals surface area contributed by atoms with Crippen LogP contribution in [0.5, 0.6) is 5.75 Å². The van der Waals surface area contributed by atoms with Crippen molar-refractivity contribution in [1.82, 2.24) is 0 Å². The van der Waals surface area contributed by atoms with Gasteiger partial charge in [-0.15, -0.1) is 0 Å². The molecular weight excluding hydrogens is 280 g/mol. The third-order valence-electron chi connectivity index (χ3n) is 3.26. The highest BCUT2D eigenvalue weighted by atomic mass is 16.3. The summed E-state index contributed by atoms with van der Waals surface area (Å²) >= 11 is 0. The van der Waals surface area contributed by atoms with Gasteiger partial charge >= 0.3 is 0 Å². The summed E-state index contributed by atoms with van der Waals surface area (Å²) in [6, 6.07) is 15.0. The van der Waals surface area contributed by atoms with Crippen molar-refractivity contribution < 1.29 is 9.90 Å². The zero-order valence-electron chi connectivity index (χ0n) is 11.9. The molecule has 2 aromatic rings. The third-order valence-corrected chi connectivity index (χ3v) is 3.26. The van der Waals surface area contributed by atoms with Gasteiger partial charge in [-0.05, 0) is 31.2 Å². The van der Waals surface area contributed by atoms with Crippen LogP contribution in [0.15, 0.2) is 69.9 Å². The summed E-state index contributed by atoms with van der Waals surface area (Å²) in [5.41, 5.74) is 1.57. The molecule has 0 fully saturated rings. The molecule has 1 N–H and O–H groups in total. The number of hydrogen-bond acceptors (Lipinski definition) is 5. The molecule has 1 aliphatic rings. The van der Waals surface area contributed by atoms with Crippen molar-refractivity contribution >= 4 is 23.0 Å². The van der Waals surface area contributed by atoms with Crippen molar-refractivity contribution in [3.05, 3.63) is 54.6 Å². The first-order valence-electron chi connectivity index (χ1n) is 6.80. The second-order valence-corrected chi connectivity index (χ2v) is 4.83. The monoisotopic (exact) mass is 294 g/mol. The Morgan fingerprint density at radius 3 is 2.50 bits per heavy atom. The fourth-order valence-electron chi connectivity index (χ4n) is 2.11. The summed E-state index contributed by atoms with van der Waals surface area (Å²) in [5.74, 6) is -0.242. The number of aromatic hydroxyl groups is 1. The maximum atomic E-state index is 12.4. The molecule has 0 unspecified atom stereocenters. The van der Waals surface area contributed by atoms with Crippen LogP contribution >= 0.6 is 0 Å². The molecule has 1 amide bonds. The molecular formula is C16H14N4O2. The van der Waals surface area contributed by atoms with Crippen LogP contribution in [0.2, 0.25) is 0 Å². The lowest BCUT2D eigenvalue weighted by atomic mass is 10.2. The predicted molar refractivity (Wildman–Crippen MR) is 83.4 cm³/mol. The molecule has 22 heavy (non-hydrogen) atoms. The first kappa shape index (κ1) is 13.9. The molecule has 1 atom stereocenters. The van der Waals surface area contributed by atoms with E-state index in [0.29, 0.717) is 17.1 Å². The van der Waals surface area contributed by atoms with Gasteiger partial charge in [0.1, 0.15) is 11.4 Å². The lowest BCUT2D eigenvalue weighted by molar-refractivity contribution is -0.117. The van der Waals surface area contributed by atoms with E-state index in [0.717, 1.165) is 0 Å². The summed E-state index contributed by atoms with van der Waals surface area (Å²) < 4.78 is 0. The molecule has 0 bridgehead atoms. The molecule has 1 heterocycles. The van der Waals surface area contributed by atoms with Gasteiger partial charge in [0.25, 0.3) is 5.91 Å². The first-order valence-corrected chi connectivity index (χ1v) is 6.80. The number of para-hydroxylation sites is 2. The van der Waals surface area contributed by atoms with E-state index in [2.05, 4.69) is 15.3 Å². The van der Waals surface area contributed by atoms with Crippen molar-refractivity contribution in [1.29, 1.82) is 0 Å². The first-order chi connectivity index (χ1) is 10.7. The van der Waals surface area contributed by atoms with E-state index in [1.807, 2.05) is 18.2 Å². The van der Waals surface area contributed by atoms with Crippen molar-refractivity contribution in [2.75, 3.05) is 5.01 Å². The van der Waals surface area contributed by atoms with Crippen LogP contribution in [-0.4, -0.2) is 22.8 Å². The van der Waals surface area contributed by atoms with Gasteiger partial charge in [0.2, 0.25) is 0 Å². The van der Waals surface area contributed by atoms with Crippen LogP contribution in [0.3, 0.4) is 0 Å². The van der Waals surface area contributed by atoms with Gasteiger partial charge in [-0.1, -0.05) is 30.3 Å². The fourth-order valence-corrected chi connectivity index (χ4v) is 2.11. The van der Waals surface area contributed by atoms with Crippen molar-refractivity contribution in [3.8, 4) is 5.75 Å². The summed E-state index contributed by atoms with van der Waals surface area (Å²) in [7, 11) is 0. The molecule has 6 heteroatoms. The lowest BCUT2D eigenvalue weighted by Gasteiger charge is -2.11. The smallest absolute Gasteiger partial charge is 0.280 e. The SMILES string of the molecule is CC1=NN(c2ccccc2)C(=O)[C@H]1N=Nc1ccccc1O. The normalized spacial score (nSPS) is 18.0. The molecule has 1 aliphatic heterocycles. The van der Waals surface area contributed by atoms with E-state index in [1.165, 1.54) is 11.1 Å². The third kappa shape index (κ3) is 2.58. The number of anilines is 1. The average molecular weight is 294 g/mol. The van der Waals surface area contributed by atoms with Crippen LogP contribution in [-0.2, 0) is 4.79 Å². The minimum absolute atomic E-state index is 0.0196. The quantitative estimate of drug-likeness (QED) is 0.882. The van der Waals surface area contributed by atoms with Crippen LogP contribution in [0, 0.1) is 0 Å². The highest BCUT2D eigenvalue weighted by molar-refractivity contribution is 6.18. The Hall–Kier alpha value is -3.02. The van der Waals surface area contributed by atoms with Gasteiger partial charge in [-0.25, -0.2) is 0 Å². The van der Waals surface area contributed by atoms with Gasteiger partial charge < -0.3 is 5.11 Å². The average Bonchev–Trinajstić information content (AvgIpc) is 2.82. The van der Waals surface area contributed by atoms with Crippen molar-refractivity contribution in [2.24, 2.45) is 15.3 Å². The molecule has 0 saturated carbocycles. The number of phenols is 1. The van der Waals surface area contributed by atoms with Gasteiger partial charge in [0.15, 0.2) is 6.04 Å². The zero-order chi connectivity index (χ0) is 15.5. The summed E-state index contributed by atoms with van der Waals surface area (Å²) in [6.07, 6.45) is 0. The molecule has 3 rings (SSSR count). The van der Waals surface area contributed by atoms with E-state index in [-0.39, 0.29) is 11.7 Å². The highest BCUT2D eigenvalue weighted by Gasteiger charge is 2.34. The van der Waals surface area contributed by atoms with Gasteiger partial charge in [-0.3, -0.25) is 4.79 Å². The standard InChI is InChI=1S/C16H14N4O2/c1-11-15(18-17-13-9-5-6-10-14(13)21)16(22)20(19-11)12-7-3-2-4-8-12/h2-10,15,21H,1H3/t15-/m0/s1. The maximum Gasteiger partial charge on any atom is 0.280 e. The molecule has 6 nitrogen and oxygen atoms in total. The van der Waals surface area contributed by atoms with Crippen molar-refractivity contribution in [2.45, 2.75) is 13.0 Å². The number of nitrogens with zero attached hydrogens (tertiary/aromatic N) is 4. The van der Waals surface area contributed by atoms with Crippen LogP contribution in [0.4, 0.5) is 11.4 Å². The fraction of sp³-hybridized carbons (Fsp3) is 0.125. The van der Waals surface area contributed by atoms with E-state index in [9.17, 15) is 9.90 Å². The molecule has 0 saturated heterocycles. The number of hydrogen-bond donors (Lipinski definition) is 1. The number of hydrazone groups is 1. The number of phenolic OH excluding ortho intramolecular Hbond substituents is 1. The lowest BCUT2D eigenvalue weighted by Crippen LogP contribution is -2.29. The molecule has 0 aromatic heterocycles. The van der Waals surface area contributed by atoms with Crippen molar-refractivity contribution in [3.63, 3.8) is 0 Å². The number of amides is 1. The summed E-state index contributed by atoms with van der Waals surface area (Å²) in [4.78, 5) is 12.4.